The Morgan fingerprint density at radius 3 is 2.86 bits per heavy atom. The van der Waals surface area contributed by atoms with Crippen LogP contribution >= 0.6 is 11.3 Å². The van der Waals surface area contributed by atoms with Crippen molar-refractivity contribution in [3.63, 3.8) is 0 Å². The van der Waals surface area contributed by atoms with Gasteiger partial charge in [-0.1, -0.05) is 29.4 Å². The van der Waals surface area contributed by atoms with Crippen LogP contribution in [0.3, 0.4) is 0 Å². The summed E-state index contributed by atoms with van der Waals surface area (Å²) >= 11 is 1.52. The van der Waals surface area contributed by atoms with E-state index in [1.165, 1.54) is 16.9 Å². The fourth-order valence-corrected chi connectivity index (χ4v) is 3.92. The predicted molar refractivity (Wildman–Crippen MR) is 109 cm³/mol. The van der Waals surface area contributed by atoms with E-state index in [0.717, 1.165) is 30.0 Å². The van der Waals surface area contributed by atoms with Crippen LogP contribution in [0.4, 0.5) is 5.69 Å². The number of carbonyl (C=O) groups is 2. The van der Waals surface area contributed by atoms with Gasteiger partial charge in [0.25, 0.3) is 5.91 Å². The van der Waals surface area contributed by atoms with Gasteiger partial charge in [-0.3, -0.25) is 20.4 Å². The number of hydrazine groups is 1. The summed E-state index contributed by atoms with van der Waals surface area (Å²) in [4.78, 5) is 31.5. The second-order valence-electron chi connectivity index (χ2n) is 6.74. The van der Waals surface area contributed by atoms with E-state index in [9.17, 15) is 9.59 Å². The highest BCUT2D eigenvalue weighted by Crippen LogP contribution is 2.26. The van der Waals surface area contributed by atoms with Crippen LogP contribution < -0.4 is 15.8 Å². The Balaban J connectivity index is 1.21. The summed E-state index contributed by atoms with van der Waals surface area (Å²) in [5, 5.41) is 5.85. The van der Waals surface area contributed by atoms with Crippen molar-refractivity contribution in [2.24, 2.45) is 0 Å². The third-order valence-electron chi connectivity index (χ3n) is 4.66. The SMILES string of the molecule is O=C(CCc1nc(-c2cccs2)no1)NNC(=O)CN1CCCc2ccccc21. The number of thiophene rings is 1. The van der Waals surface area contributed by atoms with E-state index in [2.05, 4.69) is 27.1 Å². The molecule has 0 fully saturated rings. The Bertz CT molecular complexity index is 986. The zero-order chi connectivity index (χ0) is 20.1. The Labute approximate surface area is 171 Å². The van der Waals surface area contributed by atoms with E-state index in [1.807, 2.05) is 40.6 Å². The normalized spacial score (nSPS) is 13.0. The van der Waals surface area contributed by atoms with Crippen LogP contribution in [0.15, 0.2) is 46.3 Å². The van der Waals surface area contributed by atoms with E-state index < -0.39 is 0 Å². The van der Waals surface area contributed by atoms with Crippen molar-refractivity contribution in [2.45, 2.75) is 25.7 Å². The van der Waals surface area contributed by atoms with Gasteiger partial charge in [-0.15, -0.1) is 11.3 Å². The van der Waals surface area contributed by atoms with Crippen molar-refractivity contribution in [1.29, 1.82) is 0 Å². The van der Waals surface area contributed by atoms with Gasteiger partial charge in [-0.25, -0.2) is 0 Å². The number of hydrogen-bond donors (Lipinski definition) is 2. The van der Waals surface area contributed by atoms with Crippen LogP contribution in [0.5, 0.6) is 0 Å². The Morgan fingerprint density at radius 1 is 1.14 bits per heavy atom. The molecule has 0 bridgehead atoms. The van der Waals surface area contributed by atoms with Gasteiger partial charge >= 0.3 is 0 Å². The number of amides is 2. The monoisotopic (exact) mass is 411 g/mol. The number of benzene rings is 1. The zero-order valence-corrected chi connectivity index (χ0v) is 16.6. The molecule has 1 aromatic carbocycles. The van der Waals surface area contributed by atoms with Gasteiger partial charge in [0.2, 0.25) is 17.6 Å². The van der Waals surface area contributed by atoms with Crippen LogP contribution in [0.2, 0.25) is 0 Å². The quantitative estimate of drug-likeness (QED) is 0.604. The van der Waals surface area contributed by atoms with Crippen LogP contribution in [0, 0.1) is 0 Å². The molecule has 1 aliphatic rings. The molecule has 8 nitrogen and oxygen atoms in total. The number of hydrogen-bond acceptors (Lipinski definition) is 7. The smallest absolute Gasteiger partial charge is 0.257 e. The average Bonchev–Trinajstić information content (AvgIpc) is 3.43. The third-order valence-corrected chi connectivity index (χ3v) is 5.52. The standard InChI is InChI=1S/C20H21N5O3S/c26-17(9-10-19-21-20(24-28-19)16-8-4-12-29-16)22-23-18(27)13-25-11-3-6-14-5-1-2-7-15(14)25/h1-2,4-5,7-8,12H,3,6,9-11,13H2,(H,22,26)(H,23,27). The second-order valence-corrected chi connectivity index (χ2v) is 7.69. The summed E-state index contributed by atoms with van der Waals surface area (Å²) in [7, 11) is 0. The van der Waals surface area contributed by atoms with Crippen molar-refractivity contribution >= 4 is 28.8 Å². The van der Waals surface area contributed by atoms with Crippen molar-refractivity contribution in [3.05, 3.63) is 53.2 Å². The van der Waals surface area contributed by atoms with Crippen molar-refractivity contribution in [3.8, 4) is 10.7 Å². The van der Waals surface area contributed by atoms with Gasteiger partial charge in [0.1, 0.15) is 0 Å². The average molecular weight is 411 g/mol. The molecule has 2 N–H and O–H groups in total. The van der Waals surface area contributed by atoms with Crippen LogP contribution in [-0.4, -0.2) is 35.0 Å². The molecule has 0 spiro atoms. The molecule has 4 rings (SSSR count). The number of para-hydroxylation sites is 1. The lowest BCUT2D eigenvalue weighted by Gasteiger charge is -2.30. The first kappa shape index (κ1) is 19.1. The number of aromatic nitrogens is 2. The number of fused-ring (bicyclic) bond motifs is 1. The topological polar surface area (TPSA) is 100 Å². The molecule has 0 saturated carbocycles. The summed E-state index contributed by atoms with van der Waals surface area (Å²) < 4.78 is 5.17. The molecule has 3 heterocycles. The molecular formula is C20H21N5O3S. The first-order valence-corrected chi connectivity index (χ1v) is 10.3. The van der Waals surface area contributed by atoms with Gasteiger partial charge in [0.05, 0.1) is 11.4 Å². The molecule has 2 aromatic heterocycles. The maximum atomic E-state index is 12.2. The number of nitrogens with zero attached hydrogens (tertiary/aromatic N) is 3. The Kier molecular flexibility index (Phi) is 5.85. The molecule has 0 unspecified atom stereocenters. The molecule has 1 aliphatic heterocycles. The number of rotatable bonds is 6. The number of aryl methyl sites for hydroxylation is 2. The first-order valence-electron chi connectivity index (χ1n) is 9.46. The molecule has 2 amide bonds. The van der Waals surface area contributed by atoms with Gasteiger partial charge in [0.15, 0.2) is 0 Å². The third kappa shape index (κ3) is 4.80. The van der Waals surface area contributed by atoms with Gasteiger partial charge in [-0.05, 0) is 35.9 Å². The largest absolute Gasteiger partial charge is 0.362 e. The van der Waals surface area contributed by atoms with Crippen LogP contribution in [0.1, 0.15) is 24.3 Å². The lowest BCUT2D eigenvalue weighted by molar-refractivity contribution is -0.128. The molecule has 0 aliphatic carbocycles. The highest BCUT2D eigenvalue weighted by atomic mass is 32.1. The molecule has 0 saturated heterocycles. The summed E-state index contributed by atoms with van der Waals surface area (Å²) in [6.07, 6.45) is 2.47. The molecular weight excluding hydrogens is 390 g/mol. The van der Waals surface area contributed by atoms with Crippen molar-refractivity contribution in [2.75, 3.05) is 18.0 Å². The molecule has 150 valence electrons. The molecule has 0 radical (unpaired) electrons. The molecule has 3 aromatic rings. The van der Waals surface area contributed by atoms with E-state index in [1.54, 1.807) is 0 Å². The molecule has 0 atom stereocenters. The minimum absolute atomic E-state index is 0.138. The fraction of sp³-hybridized carbons (Fsp3) is 0.300. The Hall–Kier alpha value is -3.20. The van der Waals surface area contributed by atoms with E-state index in [0.29, 0.717) is 18.1 Å². The fourth-order valence-electron chi connectivity index (χ4n) is 3.27. The summed E-state index contributed by atoms with van der Waals surface area (Å²) in [5.41, 5.74) is 7.26. The van der Waals surface area contributed by atoms with Gasteiger partial charge in [-0.2, -0.15) is 4.98 Å². The highest BCUT2D eigenvalue weighted by Gasteiger charge is 2.19. The summed E-state index contributed by atoms with van der Waals surface area (Å²) in [6, 6.07) is 11.9. The van der Waals surface area contributed by atoms with E-state index in [4.69, 9.17) is 4.52 Å². The van der Waals surface area contributed by atoms with E-state index in [-0.39, 0.29) is 24.8 Å². The first-order chi connectivity index (χ1) is 14.2. The van der Waals surface area contributed by atoms with Gasteiger partial charge < -0.3 is 9.42 Å². The van der Waals surface area contributed by atoms with Crippen molar-refractivity contribution < 1.29 is 14.1 Å². The molecule has 9 heteroatoms. The predicted octanol–water partition coefficient (Wildman–Crippen LogP) is 2.33. The number of nitrogens with one attached hydrogen (secondary N) is 2. The summed E-state index contributed by atoms with van der Waals surface area (Å²) in [6.45, 7) is 1.02. The molecule has 29 heavy (non-hydrogen) atoms. The second kappa shape index (κ2) is 8.87. The highest BCUT2D eigenvalue weighted by molar-refractivity contribution is 7.13. The van der Waals surface area contributed by atoms with E-state index >= 15 is 0 Å². The maximum Gasteiger partial charge on any atom is 0.257 e. The van der Waals surface area contributed by atoms with Gasteiger partial charge in [0, 0.05) is 25.1 Å². The number of anilines is 1. The van der Waals surface area contributed by atoms with Crippen LogP contribution in [-0.2, 0) is 22.4 Å². The zero-order valence-electron chi connectivity index (χ0n) is 15.8. The minimum Gasteiger partial charge on any atom is -0.362 e. The summed E-state index contributed by atoms with van der Waals surface area (Å²) in [5.74, 6) is 0.339. The number of carbonyl (C=O) groups excluding carboxylic acids is 2. The van der Waals surface area contributed by atoms with Crippen LogP contribution in [0.25, 0.3) is 10.7 Å². The Morgan fingerprint density at radius 2 is 2.00 bits per heavy atom. The lowest BCUT2D eigenvalue weighted by Crippen LogP contribution is -2.47. The minimum atomic E-state index is -0.312. The lowest BCUT2D eigenvalue weighted by atomic mass is 10.0. The van der Waals surface area contributed by atoms with Crippen molar-refractivity contribution in [1.82, 2.24) is 21.0 Å². The maximum absolute atomic E-state index is 12.2.